The number of hydrogen-bond acceptors (Lipinski definition) is 9. The zero-order chi connectivity index (χ0) is 24.7. The van der Waals surface area contributed by atoms with Crippen LogP contribution in [0.5, 0.6) is 11.5 Å². The maximum atomic E-state index is 12.6. The maximum Gasteiger partial charge on any atom is 0.326 e. The van der Waals surface area contributed by atoms with Gasteiger partial charge in [0.15, 0.2) is 11.5 Å². The largest absolute Gasteiger partial charge is 0.490 e. The van der Waals surface area contributed by atoms with Crippen LogP contribution < -0.4 is 9.47 Å². The molecule has 3 rings (SSSR count). The Labute approximate surface area is 199 Å². The third-order valence-electron chi connectivity index (χ3n) is 4.57. The number of nitrogens with zero attached hydrogens (tertiary/aromatic N) is 2. The van der Waals surface area contributed by atoms with Gasteiger partial charge in [-0.25, -0.2) is 0 Å². The second-order valence-corrected chi connectivity index (χ2v) is 7.92. The van der Waals surface area contributed by atoms with Crippen molar-refractivity contribution in [3.8, 4) is 11.5 Å². The summed E-state index contributed by atoms with van der Waals surface area (Å²) in [6, 6.07) is 11.1. The molecule has 178 valence electrons. The third kappa shape index (κ3) is 6.13. The van der Waals surface area contributed by atoms with E-state index in [0.29, 0.717) is 23.7 Å². The minimum atomic E-state index is -0.654. The van der Waals surface area contributed by atoms with Gasteiger partial charge in [0.05, 0.1) is 23.0 Å². The number of carbonyl (C=O) groups is 3. The summed E-state index contributed by atoms with van der Waals surface area (Å²) in [6.07, 6.45) is 1.54. The molecule has 0 saturated carbocycles. The van der Waals surface area contributed by atoms with E-state index in [-0.39, 0.29) is 23.8 Å². The Morgan fingerprint density at radius 2 is 1.79 bits per heavy atom. The highest BCUT2D eigenvalue weighted by Gasteiger charge is 2.36. The van der Waals surface area contributed by atoms with Crippen LogP contribution >= 0.6 is 11.8 Å². The Bertz CT molecular complexity index is 1130. The van der Waals surface area contributed by atoms with Crippen LogP contribution in [0.15, 0.2) is 47.4 Å². The lowest BCUT2D eigenvalue weighted by molar-refractivity contribution is -0.384. The summed E-state index contributed by atoms with van der Waals surface area (Å²) < 4.78 is 16.3. The van der Waals surface area contributed by atoms with Crippen molar-refractivity contribution in [2.45, 2.75) is 20.5 Å². The van der Waals surface area contributed by atoms with Gasteiger partial charge in [-0.15, -0.1) is 0 Å². The minimum absolute atomic E-state index is 0.00484. The zero-order valence-electron chi connectivity index (χ0n) is 18.5. The van der Waals surface area contributed by atoms with Crippen molar-refractivity contribution in [2.24, 2.45) is 0 Å². The number of hydrogen-bond donors (Lipinski definition) is 0. The normalized spacial score (nSPS) is 14.4. The van der Waals surface area contributed by atoms with E-state index in [1.807, 2.05) is 6.92 Å². The van der Waals surface area contributed by atoms with Gasteiger partial charge in [0.25, 0.3) is 16.8 Å². The van der Waals surface area contributed by atoms with E-state index in [1.54, 1.807) is 43.3 Å². The van der Waals surface area contributed by atoms with Crippen LogP contribution in [0.3, 0.4) is 0 Å². The summed E-state index contributed by atoms with van der Waals surface area (Å²) in [5, 5.41) is 10.2. The number of thioether (sulfide) groups is 1. The van der Waals surface area contributed by atoms with Crippen LogP contribution in [0.1, 0.15) is 25.0 Å². The summed E-state index contributed by atoms with van der Waals surface area (Å²) in [5.74, 6) is -0.338. The topological polar surface area (TPSA) is 125 Å². The second-order valence-electron chi connectivity index (χ2n) is 6.92. The first-order chi connectivity index (χ1) is 16.3. The molecule has 1 saturated heterocycles. The van der Waals surface area contributed by atoms with Gasteiger partial charge in [0, 0.05) is 12.1 Å². The highest BCUT2D eigenvalue weighted by Crippen LogP contribution is 2.35. The molecule has 1 aliphatic heterocycles. The van der Waals surface area contributed by atoms with Crippen molar-refractivity contribution in [3.05, 3.63) is 68.6 Å². The molecule has 2 aromatic rings. The van der Waals surface area contributed by atoms with Crippen molar-refractivity contribution in [1.82, 2.24) is 4.90 Å². The van der Waals surface area contributed by atoms with Crippen LogP contribution in [-0.4, -0.2) is 46.7 Å². The van der Waals surface area contributed by atoms with Gasteiger partial charge in [0.2, 0.25) is 0 Å². The number of carbonyl (C=O) groups excluding carboxylic acids is 3. The molecule has 2 aromatic carbocycles. The highest BCUT2D eigenvalue weighted by molar-refractivity contribution is 8.18. The van der Waals surface area contributed by atoms with Crippen LogP contribution in [0.2, 0.25) is 0 Å². The molecule has 0 spiro atoms. The molecule has 0 N–H and O–H groups in total. The highest BCUT2D eigenvalue weighted by atomic mass is 32.2. The molecular formula is C23H22N2O8S. The third-order valence-corrected chi connectivity index (χ3v) is 5.48. The summed E-state index contributed by atoms with van der Waals surface area (Å²) in [5.41, 5.74) is 1.34. The number of esters is 1. The quantitative estimate of drug-likeness (QED) is 0.210. The van der Waals surface area contributed by atoms with Crippen LogP contribution in [0, 0.1) is 10.1 Å². The first-order valence-electron chi connectivity index (χ1n) is 10.4. The minimum Gasteiger partial charge on any atom is -0.490 e. The fraction of sp³-hybridized carbons (Fsp3) is 0.261. The van der Waals surface area contributed by atoms with Crippen molar-refractivity contribution in [1.29, 1.82) is 0 Å². The van der Waals surface area contributed by atoms with Crippen LogP contribution in [0.25, 0.3) is 6.08 Å². The zero-order valence-corrected chi connectivity index (χ0v) is 19.3. The predicted molar refractivity (Wildman–Crippen MR) is 124 cm³/mol. The number of amides is 2. The number of nitro benzene ring substituents is 1. The number of nitro groups is 1. The molecular weight excluding hydrogens is 464 g/mol. The Morgan fingerprint density at radius 1 is 1.06 bits per heavy atom. The number of non-ortho nitro benzene ring substituents is 1. The summed E-state index contributed by atoms with van der Waals surface area (Å²) >= 11 is 0.742. The molecule has 1 fully saturated rings. The van der Waals surface area contributed by atoms with E-state index in [0.717, 1.165) is 22.2 Å². The molecule has 0 atom stereocenters. The van der Waals surface area contributed by atoms with Gasteiger partial charge in [-0.05, 0) is 67.1 Å². The molecule has 10 nitrogen and oxygen atoms in total. The summed E-state index contributed by atoms with van der Waals surface area (Å²) in [7, 11) is 0. The maximum absolute atomic E-state index is 12.6. The molecule has 0 aliphatic carbocycles. The van der Waals surface area contributed by atoms with E-state index in [1.165, 1.54) is 12.1 Å². The van der Waals surface area contributed by atoms with Gasteiger partial charge >= 0.3 is 5.97 Å². The number of imide groups is 1. The van der Waals surface area contributed by atoms with Gasteiger partial charge in [-0.3, -0.25) is 29.4 Å². The van der Waals surface area contributed by atoms with E-state index >= 15 is 0 Å². The number of ether oxygens (including phenoxy) is 3. The van der Waals surface area contributed by atoms with Crippen molar-refractivity contribution in [2.75, 3.05) is 19.8 Å². The molecule has 2 amide bonds. The monoisotopic (exact) mass is 486 g/mol. The SMILES string of the molecule is CCOC(=O)CN1C(=O)S/C(=C/c2ccc(OCc3ccc([N+](=O)[O-])cc3)c(OCC)c2)C1=O. The molecule has 0 aromatic heterocycles. The molecule has 1 heterocycles. The molecule has 0 bridgehead atoms. The Balaban J connectivity index is 1.74. The van der Waals surface area contributed by atoms with E-state index in [4.69, 9.17) is 14.2 Å². The predicted octanol–water partition coefficient (Wildman–Crippen LogP) is 4.17. The Morgan fingerprint density at radius 3 is 2.44 bits per heavy atom. The van der Waals surface area contributed by atoms with E-state index < -0.39 is 28.6 Å². The molecule has 11 heteroatoms. The van der Waals surface area contributed by atoms with Crippen LogP contribution in [-0.2, 0) is 20.9 Å². The Kier molecular flexibility index (Phi) is 8.25. The summed E-state index contributed by atoms with van der Waals surface area (Å²) in [6.45, 7) is 3.71. The summed E-state index contributed by atoms with van der Waals surface area (Å²) in [4.78, 5) is 47.7. The van der Waals surface area contributed by atoms with Crippen molar-refractivity contribution >= 4 is 40.6 Å². The Hall–Kier alpha value is -3.86. The lowest BCUT2D eigenvalue weighted by Crippen LogP contribution is -2.34. The molecule has 34 heavy (non-hydrogen) atoms. The average Bonchev–Trinajstić information content (AvgIpc) is 3.06. The molecule has 0 radical (unpaired) electrons. The molecule has 1 aliphatic rings. The standard InChI is InChI=1S/C23H22N2O8S/c1-3-31-19-11-16(12-20-22(27)24(23(28)34-20)13-21(26)32-4-2)7-10-18(19)33-14-15-5-8-17(9-6-15)25(29)30/h5-12H,3-4,13-14H2,1-2H3/b20-12+. The van der Waals surface area contributed by atoms with Gasteiger partial charge in [-0.1, -0.05) is 6.07 Å². The van der Waals surface area contributed by atoms with Crippen LogP contribution in [0.4, 0.5) is 10.5 Å². The fourth-order valence-corrected chi connectivity index (χ4v) is 3.84. The lowest BCUT2D eigenvalue weighted by Gasteiger charge is -2.13. The number of rotatable bonds is 10. The second kappa shape index (κ2) is 11.3. The van der Waals surface area contributed by atoms with Crippen molar-refractivity contribution < 1.29 is 33.5 Å². The molecule has 0 unspecified atom stereocenters. The van der Waals surface area contributed by atoms with Crippen molar-refractivity contribution in [3.63, 3.8) is 0 Å². The number of benzene rings is 2. The lowest BCUT2D eigenvalue weighted by atomic mass is 10.1. The smallest absolute Gasteiger partial charge is 0.326 e. The fourth-order valence-electron chi connectivity index (χ4n) is 3.00. The first kappa shape index (κ1) is 24.8. The average molecular weight is 487 g/mol. The van der Waals surface area contributed by atoms with Gasteiger partial charge < -0.3 is 14.2 Å². The van der Waals surface area contributed by atoms with E-state index in [2.05, 4.69) is 0 Å². The van der Waals surface area contributed by atoms with E-state index in [9.17, 15) is 24.5 Å². The van der Waals surface area contributed by atoms with Gasteiger partial charge in [-0.2, -0.15) is 0 Å². The first-order valence-corrected chi connectivity index (χ1v) is 11.2. The van der Waals surface area contributed by atoms with Gasteiger partial charge in [0.1, 0.15) is 13.2 Å².